The Labute approximate surface area is 194 Å². The van der Waals surface area contributed by atoms with Gasteiger partial charge in [0.25, 0.3) is 15.9 Å². The van der Waals surface area contributed by atoms with E-state index in [9.17, 15) is 13.2 Å². The zero-order valence-corrected chi connectivity index (χ0v) is 20.0. The number of ether oxygens (including phenoxy) is 2. The maximum Gasteiger partial charge on any atom is 0.266 e. The van der Waals surface area contributed by atoms with E-state index in [2.05, 4.69) is 10.3 Å². The zero-order valence-electron chi connectivity index (χ0n) is 17.6. The molecule has 0 aliphatic heterocycles. The normalized spacial score (nSPS) is 11.4. The van der Waals surface area contributed by atoms with Crippen molar-refractivity contribution in [3.05, 3.63) is 52.4 Å². The molecule has 1 aromatic heterocycles. The van der Waals surface area contributed by atoms with Crippen LogP contribution in [0.1, 0.15) is 10.4 Å². The molecule has 170 valence electrons. The molecule has 0 atom stereocenters. The molecule has 0 fully saturated rings. The second-order valence-electron chi connectivity index (χ2n) is 6.30. The average molecular weight is 498 g/mol. The van der Waals surface area contributed by atoms with Crippen LogP contribution >= 0.6 is 22.9 Å². The molecule has 0 spiro atoms. The number of rotatable bonds is 8. The predicted octanol–water partition coefficient (Wildman–Crippen LogP) is 3.91. The number of aromatic nitrogens is 1. The second kappa shape index (κ2) is 9.84. The molecule has 3 aromatic rings. The molecule has 0 radical (unpaired) electrons. The van der Waals surface area contributed by atoms with Crippen LogP contribution in [0.2, 0.25) is 5.02 Å². The number of amides is 1. The molecular weight excluding hydrogens is 478 g/mol. The van der Waals surface area contributed by atoms with Crippen molar-refractivity contribution < 1.29 is 27.5 Å². The maximum absolute atomic E-state index is 12.7. The number of carbonyl (C=O) groups excluding carboxylic acids is 1. The summed E-state index contributed by atoms with van der Waals surface area (Å²) < 4.78 is 36.3. The zero-order chi connectivity index (χ0) is 23.5. The van der Waals surface area contributed by atoms with Gasteiger partial charge in [-0.05, 0) is 36.4 Å². The summed E-state index contributed by atoms with van der Waals surface area (Å²) in [7, 11) is 1.50. The standard InChI is InChI=1S/C20H20ClN3O6S2/c1-24(30-4)32(26,27)18-10-13(5-7-14(18)21)19(25)23-20-22-15(11-31-20)12-6-8-16(28-2)17(9-12)29-3/h5-11H,1-4H3,(H,22,23,25). The first kappa shape index (κ1) is 24.0. The van der Waals surface area contributed by atoms with Crippen molar-refractivity contribution in [1.82, 2.24) is 9.45 Å². The second-order valence-corrected chi connectivity index (χ2v) is 9.47. The van der Waals surface area contributed by atoms with Crippen LogP contribution in [-0.2, 0) is 14.9 Å². The van der Waals surface area contributed by atoms with Gasteiger partial charge in [-0.3, -0.25) is 14.9 Å². The highest BCUT2D eigenvalue weighted by atomic mass is 35.5. The van der Waals surface area contributed by atoms with Crippen LogP contribution in [0, 0.1) is 0 Å². The molecule has 3 rings (SSSR count). The summed E-state index contributed by atoms with van der Waals surface area (Å²) in [6.07, 6.45) is 0. The fourth-order valence-corrected chi connectivity index (χ4v) is 4.90. The number of halogens is 1. The van der Waals surface area contributed by atoms with Gasteiger partial charge in [0.2, 0.25) is 0 Å². The van der Waals surface area contributed by atoms with Gasteiger partial charge in [-0.15, -0.1) is 11.3 Å². The Balaban J connectivity index is 1.84. The summed E-state index contributed by atoms with van der Waals surface area (Å²) in [5.74, 6) is 0.610. The van der Waals surface area contributed by atoms with Crippen molar-refractivity contribution in [3.63, 3.8) is 0 Å². The van der Waals surface area contributed by atoms with E-state index in [1.807, 2.05) is 6.07 Å². The summed E-state index contributed by atoms with van der Waals surface area (Å²) in [6, 6.07) is 9.31. The van der Waals surface area contributed by atoms with E-state index in [1.54, 1.807) is 31.7 Å². The number of hydrogen-bond donors (Lipinski definition) is 1. The highest BCUT2D eigenvalue weighted by molar-refractivity contribution is 7.89. The quantitative estimate of drug-likeness (QED) is 0.470. The number of nitrogens with zero attached hydrogens (tertiary/aromatic N) is 2. The van der Waals surface area contributed by atoms with Crippen LogP contribution in [0.3, 0.4) is 0 Å². The summed E-state index contributed by atoms with van der Waals surface area (Å²) in [5, 5.41) is 4.76. The molecule has 0 saturated carbocycles. The third kappa shape index (κ3) is 4.87. The molecule has 0 aliphatic rings. The van der Waals surface area contributed by atoms with Gasteiger partial charge in [0.1, 0.15) is 4.90 Å². The highest BCUT2D eigenvalue weighted by Crippen LogP contribution is 2.33. The number of nitrogens with one attached hydrogen (secondary N) is 1. The Kier molecular flexibility index (Phi) is 7.36. The molecule has 1 N–H and O–H groups in total. The molecule has 1 amide bonds. The van der Waals surface area contributed by atoms with E-state index < -0.39 is 15.9 Å². The molecule has 1 heterocycles. The Bertz CT molecular complexity index is 1250. The van der Waals surface area contributed by atoms with Crippen molar-refractivity contribution in [2.45, 2.75) is 4.90 Å². The van der Waals surface area contributed by atoms with Gasteiger partial charge in [0.15, 0.2) is 16.6 Å². The van der Waals surface area contributed by atoms with Crippen LogP contribution < -0.4 is 14.8 Å². The average Bonchev–Trinajstić information content (AvgIpc) is 3.26. The third-order valence-corrected chi connectivity index (χ3v) is 7.39. The summed E-state index contributed by atoms with van der Waals surface area (Å²) in [6.45, 7) is 0. The van der Waals surface area contributed by atoms with Gasteiger partial charge in [-0.1, -0.05) is 16.1 Å². The van der Waals surface area contributed by atoms with E-state index in [0.717, 1.165) is 5.56 Å². The molecule has 32 heavy (non-hydrogen) atoms. The van der Waals surface area contributed by atoms with Gasteiger partial charge >= 0.3 is 0 Å². The molecule has 0 aliphatic carbocycles. The lowest BCUT2D eigenvalue weighted by Crippen LogP contribution is -2.26. The summed E-state index contributed by atoms with van der Waals surface area (Å²) in [4.78, 5) is 21.6. The molecule has 0 saturated heterocycles. The summed E-state index contributed by atoms with van der Waals surface area (Å²) in [5.41, 5.74) is 1.51. The molecule has 9 nitrogen and oxygen atoms in total. The minimum absolute atomic E-state index is 0.0320. The van der Waals surface area contributed by atoms with Crippen molar-refractivity contribution in [3.8, 4) is 22.8 Å². The lowest BCUT2D eigenvalue weighted by atomic mass is 10.1. The minimum Gasteiger partial charge on any atom is -0.493 e. The number of methoxy groups -OCH3 is 2. The highest BCUT2D eigenvalue weighted by Gasteiger charge is 2.25. The molecule has 0 unspecified atom stereocenters. The number of thiazole rings is 1. The number of carbonyl (C=O) groups is 1. The van der Waals surface area contributed by atoms with E-state index in [4.69, 9.17) is 25.9 Å². The smallest absolute Gasteiger partial charge is 0.266 e. The first-order chi connectivity index (χ1) is 15.2. The van der Waals surface area contributed by atoms with Gasteiger partial charge in [0.05, 0.1) is 32.0 Å². The molecular formula is C20H20ClN3O6S2. The summed E-state index contributed by atoms with van der Waals surface area (Å²) >= 11 is 7.27. The number of sulfonamides is 1. The molecule has 0 bridgehead atoms. The fraction of sp³-hybridized carbons (Fsp3) is 0.200. The van der Waals surface area contributed by atoms with Crippen LogP contribution in [-0.4, -0.2) is 52.2 Å². The maximum atomic E-state index is 12.7. The van der Waals surface area contributed by atoms with E-state index in [0.29, 0.717) is 26.8 Å². The Morgan fingerprint density at radius 1 is 1.09 bits per heavy atom. The largest absolute Gasteiger partial charge is 0.493 e. The lowest BCUT2D eigenvalue weighted by molar-refractivity contribution is -0.0258. The van der Waals surface area contributed by atoms with Crippen molar-refractivity contribution >= 4 is 44.0 Å². The fourth-order valence-electron chi connectivity index (χ4n) is 2.71. The van der Waals surface area contributed by atoms with Gasteiger partial charge < -0.3 is 9.47 Å². The van der Waals surface area contributed by atoms with Crippen LogP contribution in [0.25, 0.3) is 11.3 Å². The number of hydroxylamine groups is 1. The topological polar surface area (TPSA) is 107 Å². The number of anilines is 1. The predicted molar refractivity (Wildman–Crippen MR) is 122 cm³/mol. The minimum atomic E-state index is -4.03. The Morgan fingerprint density at radius 3 is 2.47 bits per heavy atom. The van der Waals surface area contributed by atoms with Gasteiger partial charge in [-0.2, -0.15) is 0 Å². The first-order valence-electron chi connectivity index (χ1n) is 9.03. The van der Waals surface area contributed by atoms with Crippen molar-refractivity contribution in [1.29, 1.82) is 0 Å². The van der Waals surface area contributed by atoms with E-state index in [1.165, 1.54) is 43.7 Å². The SMILES string of the molecule is COc1ccc(-c2csc(NC(=O)c3ccc(Cl)c(S(=O)(=O)N(C)OC)c3)n2)cc1OC. The van der Waals surface area contributed by atoms with E-state index >= 15 is 0 Å². The van der Waals surface area contributed by atoms with Crippen LogP contribution in [0.15, 0.2) is 46.7 Å². The van der Waals surface area contributed by atoms with Crippen LogP contribution in [0.4, 0.5) is 5.13 Å². The molecule has 2 aromatic carbocycles. The number of benzene rings is 2. The van der Waals surface area contributed by atoms with E-state index in [-0.39, 0.29) is 15.5 Å². The van der Waals surface area contributed by atoms with Gasteiger partial charge in [-0.25, -0.2) is 13.4 Å². The van der Waals surface area contributed by atoms with Crippen molar-refractivity contribution in [2.24, 2.45) is 0 Å². The monoisotopic (exact) mass is 497 g/mol. The first-order valence-corrected chi connectivity index (χ1v) is 11.7. The Morgan fingerprint density at radius 2 is 1.81 bits per heavy atom. The lowest BCUT2D eigenvalue weighted by Gasteiger charge is -2.15. The van der Waals surface area contributed by atoms with Crippen molar-refractivity contribution in [2.75, 3.05) is 33.7 Å². The molecule has 12 heteroatoms. The third-order valence-electron chi connectivity index (χ3n) is 4.47. The Hall–Kier alpha value is -2.70. The number of hydrogen-bond acceptors (Lipinski definition) is 8. The van der Waals surface area contributed by atoms with Crippen LogP contribution in [0.5, 0.6) is 11.5 Å². The van der Waals surface area contributed by atoms with Gasteiger partial charge in [0, 0.05) is 23.6 Å².